The standard InChI is InChI=1S/C13H15NO/c1-8-7-9(2)14-13-10(3)12(15-4)6-5-11(8)13/h5-7H,1-4H3. The van der Waals surface area contributed by atoms with Gasteiger partial charge in [-0.15, -0.1) is 0 Å². The highest BCUT2D eigenvalue weighted by molar-refractivity contribution is 5.86. The van der Waals surface area contributed by atoms with Crippen LogP contribution >= 0.6 is 0 Å². The van der Waals surface area contributed by atoms with Crippen LogP contribution in [-0.2, 0) is 0 Å². The van der Waals surface area contributed by atoms with Crippen LogP contribution < -0.4 is 4.74 Å². The fourth-order valence-corrected chi connectivity index (χ4v) is 1.96. The first-order valence-electron chi connectivity index (χ1n) is 5.05. The molecule has 15 heavy (non-hydrogen) atoms. The molecule has 0 spiro atoms. The molecule has 2 nitrogen and oxygen atoms in total. The van der Waals surface area contributed by atoms with Gasteiger partial charge in [0.25, 0.3) is 0 Å². The lowest BCUT2D eigenvalue weighted by atomic mass is 10.0. The molecule has 0 bridgehead atoms. The molecule has 2 rings (SSSR count). The molecule has 0 saturated carbocycles. The van der Waals surface area contributed by atoms with Crippen molar-refractivity contribution < 1.29 is 4.74 Å². The predicted molar refractivity (Wildman–Crippen MR) is 62.5 cm³/mol. The Morgan fingerprint density at radius 1 is 1.13 bits per heavy atom. The van der Waals surface area contributed by atoms with Crippen molar-refractivity contribution in [3.05, 3.63) is 35.0 Å². The van der Waals surface area contributed by atoms with E-state index in [9.17, 15) is 0 Å². The van der Waals surface area contributed by atoms with Gasteiger partial charge in [-0.25, -0.2) is 0 Å². The molecule has 0 fully saturated rings. The number of ether oxygens (including phenoxy) is 1. The average molecular weight is 201 g/mol. The summed E-state index contributed by atoms with van der Waals surface area (Å²) in [6.45, 7) is 6.18. The van der Waals surface area contributed by atoms with Gasteiger partial charge in [0, 0.05) is 16.6 Å². The summed E-state index contributed by atoms with van der Waals surface area (Å²) in [6.07, 6.45) is 0. The molecule has 2 aromatic rings. The summed E-state index contributed by atoms with van der Waals surface area (Å²) in [5.74, 6) is 0.903. The Hall–Kier alpha value is -1.57. The van der Waals surface area contributed by atoms with Gasteiger partial charge in [0.15, 0.2) is 0 Å². The van der Waals surface area contributed by atoms with Crippen LogP contribution in [0.15, 0.2) is 18.2 Å². The van der Waals surface area contributed by atoms with Gasteiger partial charge in [-0.1, -0.05) is 0 Å². The summed E-state index contributed by atoms with van der Waals surface area (Å²) in [5.41, 5.74) is 4.48. The third-order valence-electron chi connectivity index (χ3n) is 2.74. The van der Waals surface area contributed by atoms with Crippen molar-refractivity contribution in [3.63, 3.8) is 0 Å². The number of methoxy groups -OCH3 is 1. The molecule has 0 atom stereocenters. The summed E-state index contributed by atoms with van der Waals surface area (Å²) >= 11 is 0. The van der Waals surface area contributed by atoms with Crippen molar-refractivity contribution in [3.8, 4) is 5.75 Å². The molecule has 0 aliphatic heterocycles. The summed E-state index contributed by atoms with van der Waals surface area (Å²) in [4.78, 5) is 4.56. The Kier molecular flexibility index (Phi) is 2.35. The van der Waals surface area contributed by atoms with E-state index in [1.165, 1.54) is 10.9 Å². The normalized spacial score (nSPS) is 10.7. The van der Waals surface area contributed by atoms with Gasteiger partial charge in [0.05, 0.1) is 12.6 Å². The largest absolute Gasteiger partial charge is 0.496 e. The van der Waals surface area contributed by atoms with Crippen LogP contribution in [0.25, 0.3) is 10.9 Å². The smallest absolute Gasteiger partial charge is 0.123 e. The molecule has 0 radical (unpaired) electrons. The minimum Gasteiger partial charge on any atom is -0.496 e. The molecule has 1 heterocycles. The van der Waals surface area contributed by atoms with E-state index < -0.39 is 0 Å². The Morgan fingerprint density at radius 2 is 1.87 bits per heavy atom. The van der Waals surface area contributed by atoms with Gasteiger partial charge in [-0.3, -0.25) is 4.98 Å². The Balaban J connectivity index is 2.86. The molecular weight excluding hydrogens is 186 g/mol. The van der Waals surface area contributed by atoms with Crippen molar-refractivity contribution in [1.29, 1.82) is 0 Å². The molecule has 0 N–H and O–H groups in total. The molecular formula is C13H15NO. The predicted octanol–water partition coefficient (Wildman–Crippen LogP) is 3.17. The highest BCUT2D eigenvalue weighted by Crippen LogP contribution is 2.27. The van der Waals surface area contributed by atoms with Crippen LogP contribution in [0.4, 0.5) is 0 Å². The quantitative estimate of drug-likeness (QED) is 0.707. The number of hydrogen-bond donors (Lipinski definition) is 0. The number of aryl methyl sites for hydroxylation is 3. The van der Waals surface area contributed by atoms with Gasteiger partial charge in [-0.05, 0) is 44.5 Å². The van der Waals surface area contributed by atoms with Gasteiger partial charge < -0.3 is 4.74 Å². The minimum atomic E-state index is 0.903. The summed E-state index contributed by atoms with van der Waals surface area (Å²) in [7, 11) is 1.69. The van der Waals surface area contributed by atoms with Crippen molar-refractivity contribution in [2.24, 2.45) is 0 Å². The molecule has 0 unspecified atom stereocenters. The number of pyridine rings is 1. The lowest BCUT2D eigenvalue weighted by Crippen LogP contribution is -1.93. The monoisotopic (exact) mass is 201 g/mol. The summed E-state index contributed by atoms with van der Waals surface area (Å²) < 4.78 is 5.29. The third kappa shape index (κ3) is 1.56. The third-order valence-corrected chi connectivity index (χ3v) is 2.74. The number of fused-ring (bicyclic) bond motifs is 1. The number of rotatable bonds is 1. The second-order valence-electron chi connectivity index (χ2n) is 3.87. The van der Waals surface area contributed by atoms with E-state index in [1.54, 1.807) is 7.11 Å². The van der Waals surface area contributed by atoms with Crippen molar-refractivity contribution in [2.75, 3.05) is 7.11 Å². The van der Waals surface area contributed by atoms with Gasteiger partial charge >= 0.3 is 0 Å². The number of hydrogen-bond acceptors (Lipinski definition) is 2. The first-order valence-corrected chi connectivity index (χ1v) is 5.05. The molecule has 1 aromatic heterocycles. The second kappa shape index (κ2) is 3.54. The van der Waals surface area contributed by atoms with Crippen LogP contribution in [0.2, 0.25) is 0 Å². The maximum Gasteiger partial charge on any atom is 0.123 e. The van der Waals surface area contributed by atoms with Crippen molar-refractivity contribution >= 4 is 10.9 Å². The highest BCUT2D eigenvalue weighted by Gasteiger charge is 2.07. The van der Waals surface area contributed by atoms with E-state index in [-0.39, 0.29) is 0 Å². The SMILES string of the molecule is COc1ccc2c(C)cc(C)nc2c1C. The minimum absolute atomic E-state index is 0.903. The Labute approximate surface area is 89.9 Å². The lowest BCUT2D eigenvalue weighted by Gasteiger charge is -2.09. The molecule has 0 amide bonds. The number of aromatic nitrogens is 1. The van der Waals surface area contributed by atoms with Gasteiger partial charge in [0.2, 0.25) is 0 Å². The molecule has 0 aliphatic carbocycles. The van der Waals surface area contributed by atoms with E-state index in [0.29, 0.717) is 0 Å². The zero-order chi connectivity index (χ0) is 11.0. The van der Waals surface area contributed by atoms with Gasteiger partial charge in [0.1, 0.15) is 5.75 Å². The maximum atomic E-state index is 5.29. The molecule has 0 aliphatic rings. The van der Waals surface area contributed by atoms with Crippen LogP contribution in [0.5, 0.6) is 5.75 Å². The van der Waals surface area contributed by atoms with Crippen LogP contribution in [-0.4, -0.2) is 12.1 Å². The fourth-order valence-electron chi connectivity index (χ4n) is 1.96. The van der Waals surface area contributed by atoms with Crippen LogP contribution in [0.1, 0.15) is 16.8 Å². The average Bonchev–Trinajstić information content (AvgIpc) is 2.19. The van der Waals surface area contributed by atoms with E-state index in [4.69, 9.17) is 4.74 Å². The van der Waals surface area contributed by atoms with Crippen LogP contribution in [0, 0.1) is 20.8 Å². The Morgan fingerprint density at radius 3 is 2.53 bits per heavy atom. The van der Waals surface area contributed by atoms with E-state index in [1.807, 2.05) is 19.9 Å². The number of nitrogens with zero attached hydrogens (tertiary/aromatic N) is 1. The van der Waals surface area contributed by atoms with E-state index in [2.05, 4.69) is 24.0 Å². The molecule has 2 heteroatoms. The first-order chi connectivity index (χ1) is 7.13. The first kappa shape index (κ1) is 9.97. The number of benzene rings is 1. The zero-order valence-corrected chi connectivity index (χ0v) is 9.59. The molecule has 78 valence electrons. The Bertz CT molecular complexity index is 517. The van der Waals surface area contributed by atoms with Crippen LogP contribution in [0.3, 0.4) is 0 Å². The fraction of sp³-hybridized carbons (Fsp3) is 0.308. The molecule has 1 aromatic carbocycles. The highest BCUT2D eigenvalue weighted by atomic mass is 16.5. The van der Waals surface area contributed by atoms with Crippen molar-refractivity contribution in [1.82, 2.24) is 4.98 Å². The maximum absolute atomic E-state index is 5.29. The van der Waals surface area contributed by atoms with E-state index in [0.717, 1.165) is 22.5 Å². The zero-order valence-electron chi connectivity index (χ0n) is 9.59. The summed E-state index contributed by atoms with van der Waals surface area (Å²) in [6, 6.07) is 6.18. The van der Waals surface area contributed by atoms with E-state index >= 15 is 0 Å². The molecule has 0 saturated heterocycles. The summed E-state index contributed by atoms with van der Waals surface area (Å²) in [5, 5.41) is 1.21. The lowest BCUT2D eigenvalue weighted by molar-refractivity contribution is 0.412. The van der Waals surface area contributed by atoms with Gasteiger partial charge in [-0.2, -0.15) is 0 Å². The van der Waals surface area contributed by atoms with Crippen molar-refractivity contribution in [2.45, 2.75) is 20.8 Å². The second-order valence-corrected chi connectivity index (χ2v) is 3.87. The topological polar surface area (TPSA) is 22.1 Å².